The Balaban J connectivity index is 0.00000450. The highest BCUT2D eigenvalue weighted by Crippen LogP contribution is 2.14. The predicted octanol–water partition coefficient (Wildman–Crippen LogP) is 2.32. The number of hydrogen-bond donors (Lipinski definition) is 1. The second-order valence-corrected chi connectivity index (χ2v) is 8.75. The number of halogens is 1. The zero-order valence-electron chi connectivity index (χ0n) is 19.9. The minimum Gasteiger partial charge on any atom is -0.357 e. The highest BCUT2D eigenvalue weighted by molar-refractivity contribution is 14.0. The molecule has 0 aromatic carbocycles. The average molecular weight is 537 g/mol. The molecule has 0 radical (unpaired) electrons. The Kier molecular flexibility index (Phi) is 13.2. The van der Waals surface area contributed by atoms with Gasteiger partial charge in [-0.15, -0.1) is 24.0 Å². The van der Waals surface area contributed by atoms with E-state index in [1.54, 1.807) is 0 Å². The van der Waals surface area contributed by atoms with Crippen LogP contribution in [0.3, 0.4) is 0 Å². The van der Waals surface area contributed by atoms with Gasteiger partial charge in [0, 0.05) is 58.4 Å². The van der Waals surface area contributed by atoms with Crippen molar-refractivity contribution in [1.29, 1.82) is 0 Å². The number of nitrogens with one attached hydrogen (secondary N) is 1. The van der Waals surface area contributed by atoms with Crippen molar-refractivity contribution in [2.45, 2.75) is 65.5 Å². The molecule has 0 saturated carbocycles. The molecule has 1 N–H and O–H groups in total. The van der Waals surface area contributed by atoms with Crippen molar-refractivity contribution in [3.05, 3.63) is 0 Å². The molecule has 0 aromatic heterocycles. The number of amides is 1. The first-order chi connectivity index (χ1) is 13.9. The number of carbonyl (C=O) groups excluding carboxylic acids is 1. The van der Waals surface area contributed by atoms with E-state index in [9.17, 15) is 4.79 Å². The molecular formula is C22H45IN6O. The Labute approximate surface area is 201 Å². The molecule has 1 unspecified atom stereocenters. The third-order valence-electron chi connectivity index (χ3n) is 6.33. The van der Waals surface area contributed by atoms with Gasteiger partial charge in [0.05, 0.1) is 6.04 Å². The Morgan fingerprint density at radius 3 is 2.20 bits per heavy atom. The van der Waals surface area contributed by atoms with Gasteiger partial charge >= 0.3 is 0 Å². The van der Waals surface area contributed by atoms with E-state index in [0.717, 1.165) is 84.1 Å². The van der Waals surface area contributed by atoms with Gasteiger partial charge in [-0.3, -0.25) is 14.7 Å². The summed E-state index contributed by atoms with van der Waals surface area (Å²) in [6.07, 6.45) is 4.61. The van der Waals surface area contributed by atoms with Gasteiger partial charge in [0.15, 0.2) is 5.96 Å². The Morgan fingerprint density at radius 2 is 1.63 bits per heavy atom. The molecule has 2 rings (SSSR count). The second kappa shape index (κ2) is 14.5. The molecule has 1 atom stereocenters. The highest BCUT2D eigenvalue weighted by Gasteiger charge is 2.30. The lowest BCUT2D eigenvalue weighted by molar-refractivity contribution is -0.135. The number of piperazine rings is 1. The maximum Gasteiger partial charge on any atom is 0.239 e. The maximum absolute atomic E-state index is 12.7. The molecule has 2 aliphatic rings. The van der Waals surface area contributed by atoms with Crippen molar-refractivity contribution in [1.82, 2.24) is 24.9 Å². The summed E-state index contributed by atoms with van der Waals surface area (Å²) in [7, 11) is 2.19. The van der Waals surface area contributed by atoms with Gasteiger partial charge in [0.1, 0.15) is 0 Å². The summed E-state index contributed by atoms with van der Waals surface area (Å²) >= 11 is 0. The third-order valence-corrected chi connectivity index (χ3v) is 6.33. The number of nitrogens with zero attached hydrogens (tertiary/aromatic N) is 5. The summed E-state index contributed by atoms with van der Waals surface area (Å²) in [5.74, 6) is 1.34. The van der Waals surface area contributed by atoms with E-state index in [4.69, 9.17) is 4.99 Å². The summed E-state index contributed by atoms with van der Waals surface area (Å²) in [4.78, 5) is 26.7. The quantitative estimate of drug-likeness (QED) is 0.212. The average Bonchev–Trinajstić information content (AvgIpc) is 3.26. The minimum absolute atomic E-state index is 0. The molecule has 8 heteroatoms. The number of rotatable bonds is 9. The van der Waals surface area contributed by atoms with Gasteiger partial charge in [0.2, 0.25) is 5.91 Å². The Bertz CT molecular complexity index is 516. The molecule has 0 aliphatic carbocycles. The van der Waals surface area contributed by atoms with E-state index in [1.165, 1.54) is 6.42 Å². The van der Waals surface area contributed by atoms with Crippen LogP contribution in [0.2, 0.25) is 0 Å². The van der Waals surface area contributed by atoms with Crippen LogP contribution in [0.5, 0.6) is 0 Å². The smallest absolute Gasteiger partial charge is 0.239 e. The van der Waals surface area contributed by atoms with Gasteiger partial charge in [-0.05, 0) is 67.0 Å². The fourth-order valence-corrected chi connectivity index (χ4v) is 4.02. The Hall–Kier alpha value is -0.610. The first-order valence-electron chi connectivity index (χ1n) is 11.7. The summed E-state index contributed by atoms with van der Waals surface area (Å²) in [6.45, 7) is 17.1. The Morgan fingerprint density at radius 1 is 1.00 bits per heavy atom. The molecule has 2 fully saturated rings. The van der Waals surface area contributed by atoms with Crippen molar-refractivity contribution in [3.8, 4) is 0 Å². The zero-order valence-corrected chi connectivity index (χ0v) is 22.2. The number of hydrogen-bond acceptors (Lipinski definition) is 4. The van der Waals surface area contributed by atoms with E-state index in [0.29, 0.717) is 11.9 Å². The lowest BCUT2D eigenvalue weighted by Gasteiger charge is -2.39. The number of likely N-dealkylation sites (tertiary alicyclic amines) is 1. The van der Waals surface area contributed by atoms with Gasteiger partial charge in [-0.25, -0.2) is 0 Å². The topological polar surface area (TPSA) is 54.4 Å². The van der Waals surface area contributed by atoms with Crippen molar-refractivity contribution < 1.29 is 4.79 Å². The molecule has 2 saturated heterocycles. The van der Waals surface area contributed by atoms with E-state index < -0.39 is 0 Å². The van der Waals surface area contributed by atoms with Crippen LogP contribution in [0.4, 0.5) is 0 Å². The number of unbranched alkanes of at least 4 members (excludes halogenated alkanes) is 1. The van der Waals surface area contributed by atoms with Gasteiger partial charge in [-0.2, -0.15) is 0 Å². The molecule has 0 bridgehead atoms. The van der Waals surface area contributed by atoms with Crippen molar-refractivity contribution in [3.63, 3.8) is 0 Å². The molecule has 7 nitrogen and oxygen atoms in total. The SMILES string of the molecule is CCNC(=NCCCCN(C)C(C)C)N1CCN(C(C)C(=O)N2CCCC2)CC1.I. The first kappa shape index (κ1) is 27.4. The maximum atomic E-state index is 12.7. The van der Waals surface area contributed by atoms with E-state index in [2.05, 4.69) is 54.8 Å². The van der Waals surface area contributed by atoms with Crippen LogP contribution in [0, 0.1) is 0 Å². The summed E-state index contributed by atoms with van der Waals surface area (Å²) in [6, 6.07) is 0.597. The molecule has 176 valence electrons. The second-order valence-electron chi connectivity index (χ2n) is 8.75. The molecule has 1 amide bonds. The standard InChI is InChI=1S/C22H44N6O.HI/c1-6-23-22(24-11-7-8-12-25(5)19(2)3)28-17-15-26(16-18-28)20(4)21(29)27-13-9-10-14-27;/h19-20H,6-18H2,1-5H3,(H,23,24);1H. The molecular weight excluding hydrogens is 491 g/mol. The lowest BCUT2D eigenvalue weighted by Crippen LogP contribution is -2.57. The molecule has 2 heterocycles. The molecule has 0 spiro atoms. The van der Waals surface area contributed by atoms with Crippen molar-refractivity contribution in [2.75, 3.05) is 66.0 Å². The monoisotopic (exact) mass is 536 g/mol. The van der Waals surface area contributed by atoms with Gasteiger partial charge in [0.25, 0.3) is 0 Å². The van der Waals surface area contributed by atoms with Crippen LogP contribution < -0.4 is 5.32 Å². The number of aliphatic imine (C=N–C) groups is 1. The van der Waals surface area contributed by atoms with Crippen LogP contribution in [0.15, 0.2) is 4.99 Å². The van der Waals surface area contributed by atoms with Crippen LogP contribution >= 0.6 is 24.0 Å². The van der Waals surface area contributed by atoms with Crippen LogP contribution in [-0.2, 0) is 4.79 Å². The fourth-order valence-electron chi connectivity index (χ4n) is 4.02. The van der Waals surface area contributed by atoms with E-state index in [-0.39, 0.29) is 30.0 Å². The summed E-state index contributed by atoms with van der Waals surface area (Å²) < 4.78 is 0. The molecule has 0 aromatic rings. The van der Waals surface area contributed by atoms with E-state index in [1.807, 2.05) is 4.90 Å². The van der Waals surface area contributed by atoms with Crippen molar-refractivity contribution in [2.24, 2.45) is 4.99 Å². The first-order valence-corrected chi connectivity index (χ1v) is 11.7. The molecule has 2 aliphatic heterocycles. The lowest BCUT2D eigenvalue weighted by atomic mass is 10.2. The normalized spacial score (nSPS) is 19.4. The predicted molar refractivity (Wildman–Crippen MR) is 137 cm³/mol. The van der Waals surface area contributed by atoms with Crippen LogP contribution in [0.25, 0.3) is 0 Å². The molecule has 30 heavy (non-hydrogen) atoms. The number of guanidine groups is 1. The van der Waals surface area contributed by atoms with E-state index >= 15 is 0 Å². The van der Waals surface area contributed by atoms with Crippen LogP contribution in [0.1, 0.15) is 53.4 Å². The van der Waals surface area contributed by atoms with Crippen molar-refractivity contribution >= 4 is 35.8 Å². The minimum atomic E-state index is -0.00674. The summed E-state index contributed by atoms with van der Waals surface area (Å²) in [5.41, 5.74) is 0. The highest BCUT2D eigenvalue weighted by atomic mass is 127. The zero-order chi connectivity index (χ0) is 21.2. The van der Waals surface area contributed by atoms with Crippen LogP contribution in [-0.4, -0.2) is 110 Å². The third kappa shape index (κ3) is 8.49. The summed E-state index contributed by atoms with van der Waals surface area (Å²) in [5, 5.41) is 3.45. The van der Waals surface area contributed by atoms with Gasteiger partial charge < -0.3 is 20.0 Å². The largest absolute Gasteiger partial charge is 0.357 e. The fraction of sp³-hybridized carbons (Fsp3) is 0.909. The van der Waals surface area contributed by atoms with Gasteiger partial charge in [-0.1, -0.05) is 0 Å². The number of carbonyl (C=O) groups is 1.